The van der Waals surface area contributed by atoms with Crippen LogP contribution in [0.3, 0.4) is 0 Å². The molecule has 0 aromatic carbocycles. The van der Waals surface area contributed by atoms with Crippen molar-refractivity contribution in [2.45, 2.75) is 72.1 Å². The van der Waals surface area contributed by atoms with Gasteiger partial charge < -0.3 is 4.74 Å². The van der Waals surface area contributed by atoms with Crippen LogP contribution in [0.4, 0.5) is 0 Å². The quantitative estimate of drug-likeness (QED) is 0.502. The highest BCUT2D eigenvalue weighted by Crippen LogP contribution is 2.64. The van der Waals surface area contributed by atoms with Gasteiger partial charge in [0.05, 0.1) is 0 Å². The number of hydrogen-bond acceptors (Lipinski definition) is 3. The Morgan fingerprint density at radius 1 is 1.22 bits per heavy atom. The van der Waals surface area contributed by atoms with Crippen LogP contribution in [0.15, 0.2) is 23.3 Å². The van der Waals surface area contributed by atoms with E-state index in [0.29, 0.717) is 36.4 Å². The second-order valence-corrected chi connectivity index (χ2v) is 9.74. The number of rotatable bonds is 5. The summed E-state index contributed by atoms with van der Waals surface area (Å²) < 4.78 is 5.58. The summed E-state index contributed by atoms with van der Waals surface area (Å²) in [6, 6.07) is 0. The normalized spacial score (nSPS) is 40.6. The van der Waals surface area contributed by atoms with E-state index in [2.05, 4.69) is 26.8 Å². The van der Waals surface area contributed by atoms with Gasteiger partial charge in [0, 0.05) is 24.4 Å². The predicted octanol–water partition coefficient (Wildman–Crippen LogP) is 5.05. The van der Waals surface area contributed by atoms with Crippen molar-refractivity contribution in [3.05, 3.63) is 23.3 Å². The number of allylic oxidation sites excluding steroid dienone is 4. The zero-order valence-corrected chi connectivity index (χ0v) is 17.2. The van der Waals surface area contributed by atoms with Gasteiger partial charge in [-0.3, -0.25) is 9.59 Å². The Kier molecular flexibility index (Phi) is 4.95. The number of ketones is 2. The third-order valence-electron chi connectivity index (χ3n) is 8.32. The van der Waals surface area contributed by atoms with Gasteiger partial charge in [0.25, 0.3) is 0 Å². The first kappa shape index (κ1) is 19.1. The van der Waals surface area contributed by atoms with E-state index >= 15 is 0 Å². The van der Waals surface area contributed by atoms with Gasteiger partial charge in [-0.05, 0) is 68.3 Å². The molecule has 0 N–H and O–H groups in total. The van der Waals surface area contributed by atoms with E-state index in [0.717, 1.165) is 44.9 Å². The van der Waals surface area contributed by atoms with Crippen LogP contribution in [-0.2, 0) is 14.3 Å². The van der Waals surface area contributed by atoms with Crippen LogP contribution in [0.1, 0.15) is 72.1 Å². The minimum absolute atomic E-state index is 0.0862. The fourth-order valence-electron chi connectivity index (χ4n) is 6.80. The van der Waals surface area contributed by atoms with Gasteiger partial charge in [-0.15, -0.1) is 0 Å². The highest BCUT2D eigenvalue weighted by molar-refractivity contribution is 5.92. The largest absolute Gasteiger partial charge is 0.374 e. The topological polar surface area (TPSA) is 43.4 Å². The van der Waals surface area contributed by atoms with Crippen LogP contribution >= 0.6 is 0 Å². The molecule has 4 aliphatic rings. The third kappa shape index (κ3) is 2.97. The number of carbonyl (C=O) groups is 2. The van der Waals surface area contributed by atoms with Crippen molar-refractivity contribution in [2.75, 3.05) is 13.2 Å². The molecule has 0 radical (unpaired) electrons. The molecule has 0 spiro atoms. The highest BCUT2D eigenvalue weighted by atomic mass is 16.5. The molecule has 2 unspecified atom stereocenters. The summed E-state index contributed by atoms with van der Waals surface area (Å²) in [6.45, 7) is 7.77. The molecular formula is C24H34O3. The lowest BCUT2D eigenvalue weighted by Crippen LogP contribution is -2.45. The molecule has 0 heterocycles. The van der Waals surface area contributed by atoms with Crippen molar-refractivity contribution >= 4 is 11.6 Å². The van der Waals surface area contributed by atoms with Gasteiger partial charge in [-0.1, -0.05) is 38.0 Å². The summed E-state index contributed by atoms with van der Waals surface area (Å²) in [5, 5.41) is 0. The molecule has 0 amide bonds. The minimum Gasteiger partial charge on any atom is -0.374 e. The molecule has 27 heavy (non-hydrogen) atoms. The van der Waals surface area contributed by atoms with E-state index in [1.54, 1.807) is 5.57 Å². The molecular weight excluding hydrogens is 336 g/mol. The molecule has 3 heteroatoms. The van der Waals surface area contributed by atoms with Crippen molar-refractivity contribution in [3.63, 3.8) is 0 Å². The van der Waals surface area contributed by atoms with Gasteiger partial charge in [0.1, 0.15) is 6.61 Å². The van der Waals surface area contributed by atoms with Crippen molar-refractivity contribution in [2.24, 2.45) is 28.6 Å². The zero-order chi connectivity index (χ0) is 19.2. The summed E-state index contributed by atoms with van der Waals surface area (Å²) in [5.41, 5.74) is 3.13. The summed E-state index contributed by atoms with van der Waals surface area (Å²) in [4.78, 5) is 24.8. The Labute approximate surface area is 163 Å². The zero-order valence-electron chi connectivity index (χ0n) is 17.2. The summed E-state index contributed by atoms with van der Waals surface area (Å²) in [5.74, 6) is 1.97. The average Bonchev–Trinajstić information content (AvgIpc) is 3.00. The van der Waals surface area contributed by atoms with Gasteiger partial charge in [0.2, 0.25) is 0 Å². The van der Waals surface area contributed by atoms with Gasteiger partial charge in [0.15, 0.2) is 11.6 Å². The van der Waals surface area contributed by atoms with E-state index in [1.807, 2.05) is 6.08 Å². The Balaban J connectivity index is 1.59. The molecule has 5 atom stereocenters. The number of fused-ring (bicyclic) bond motifs is 5. The van der Waals surface area contributed by atoms with Crippen LogP contribution in [0, 0.1) is 28.6 Å². The van der Waals surface area contributed by atoms with Crippen LogP contribution in [-0.4, -0.2) is 24.8 Å². The number of ether oxygens (including phenoxy) is 1. The molecule has 3 nitrogen and oxygen atoms in total. The van der Waals surface area contributed by atoms with Crippen molar-refractivity contribution in [1.29, 1.82) is 0 Å². The van der Waals surface area contributed by atoms with E-state index in [-0.39, 0.29) is 23.4 Å². The lowest BCUT2D eigenvalue weighted by molar-refractivity contribution is -0.131. The summed E-state index contributed by atoms with van der Waals surface area (Å²) >= 11 is 0. The van der Waals surface area contributed by atoms with E-state index in [4.69, 9.17) is 4.74 Å². The first-order chi connectivity index (χ1) is 12.9. The molecule has 2 saturated carbocycles. The van der Waals surface area contributed by atoms with E-state index < -0.39 is 0 Å². The van der Waals surface area contributed by atoms with Gasteiger partial charge >= 0.3 is 0 Å². The second-order valence-electron chi connectivity index (χ2n) is 9.74. The maximum Gasteiger partial charge on any atom is 0.162 e. The van der Waals surface area contributed by atoms with Gasteiger partial charge in [-0.2, -0.15) is 0 Å². The number of hydrogen-bond donors (Lipinski definition) is 0. The van der Waals surface area contributed by atoms with E-state index in [1.165, 1.54) is 5.57 Å². The molecule has 148 valence electrons. The number of carbonyl (C=O) groups excluding carboxylic acids is 2. The third-order valence-corrected chi connectivity index (χ3v) is 8.32. The van der Waals surface area contributed by atoms with Crippen molar-refractivity contribution < 1.29 is 14.3 Å². The summed E-state index contributed by atoms with van der Waals surface area (Å²) in [6.07, 6.45) is 12.4. The molecule has 4 rings (SSSR count). The second kappa shape index (κ2) is 6.99. The molecule has 0 saturated heterocycles. The lowest BCUT2D eigenvalue weighted by Gasteiger charge is -2.53. The van der Waals surface area contributed by atoms with Gasteiger partial charge in [-0.25, -0.2) is 0 Å². The van der Waals surface area contributed by atoms with Crippen molar-refractivity contribution in [3.8, 4) is 0 Å². The Hall–Kier alpha value is -1.22. The Bertz CT molecular complexity index is 702. The Morgan fingerprint density at radius 2 is 2.04 bits per heavy atom. The Morgan fingerprint density at radius 3 is 2.81 bits per heavy atom. The SMILES string of the molecule is CCCOCC(=O)[C@H]1CCC2C3CCC4=CC(=O)CC[C@]4(C)C3=CC[C@@]21C. The predicted molar refractivity (Wildman–Crippen MR) is 106 cm³/mol. The minimum atomic E-state index is 0.0862. The summed E-state index contributed by atoms with van der Waals surface area (Å²) in [7, 11) is 0. The lowest BCUT2D eigenvalue weighted by atomic mass is 9.51. The fraction of sp³-hybridized carbons (Fsp3) is 0.750. The van der Waals surface area contributed by atoms with Crippen LogP contribution in [0.5, 0.6) is 0 Å². The highest BCUT2D eigenvalue weighted by Gasteiger charge is 2.57. The number of Topliss-reactive ketones (excluding diaryl/α,β-unsaturated/α-hetero) is 1. The maximum atomic E-state index is 12.9. The van der Waals surface area contributed by atoms with Crippen LogP contribution in [0.25, 0.3) is 0 Å². The molecule has 2 fully saturated rings. The molecule has 0 aromatic rings. The molecule has 4 aliphatic carbocycles. The average molecular weight is 371 g/mol. The van der Waals surface area contributed by atoms with Crippen LogP contribution < -0.4 is 0 Å². The van der Waals surface area contributed by atoms with Crippen molar-refractivity contribution in [1.82, 2.24) is 0 Å². The molecule has 0 aliphatic heterocycles. The molecule has 0 aromatic heterocycles. The first-order valence-corrected chi connectivity index (χ1v) is 10.9. The van der Waals surface area contributed by atoms with Crippen LogP contribution in [0.2, 0.25) is 0 Å². The fourth-order valence-corrected chi connectivity index (χ4v) is 6.80. The first-order valence-electron chi connectivity index (χ1n) is 10.9. The standard InChI is InChI=1S/C24H34O3/c1-4-13-27-15-22(26)21-8-7-19-18-6-5-16-14-17(25)9-11-23(16,2)20(18)10-12-24(19,21)3/h10,14,18-19,21H,4-9,11-13,15H2,1-3H3/t18?,19?,21-,23+,24+/m1/s1. The van der Waals surface area contributed by atoms with E-state index in [9.17, 15) is 9.59 Å². The maximum absolute atomic E-state index is 12.9. The molecule has 0 bridgehead atoms. The monoisotopic (exact) mass is 370 g/mol. The smallest absolute Gasteiger partial charge is 0.162 e.